The molecule has 1 saturated carbocycles. The monoisotopic (exact) mass is 318 g/mol. The largest absolute Gasteiger partial charge is 0.465 e. The van der Waals surface area contributed by atoms with Crippen molar-refractivity contribution >= 4 is 11.8 Å². The zero-order chi connectivity index (χ0) is 16.4. The minimum Gasteiger partial charge on any atom is -0.465 e. The average molecular weight is 318 g/mol. The summed E-state index contributed by atoms with van der Waals surface area (Å²) < 4.78 is 4.99. The van der Waals surface area contributed by atoms with Gasteiger partial charge in [-0.25, -0.2) is 19.6 Å². The summed E-state index contributed by atoms with van der Waals surface area (Å²) in [6, 6.07) is 0. The molecule has 0 saturated heterocycles. The summed E-state index contributed by atoms with van der Waals surface area (Å²) >= 11 is 0. The van der Waals surface area contributed by atoms with Crippen LogP contribution in [0.25, 0.3) is 0 Å². The summed E-state index contributed by atoms with van der Waals surface area (Å²) in [5.41, 5.74) is -0.504. The number of esters is 1. The predicted octanol–water partition coefficient (Wildman–Crippen LogP) is 1.84. The average Bonchev–Trinajstić information content (AvgIpc) is 2.50. The van der Waals surface area contributed by atoms with Crippen molar-refractivity contribution in [1.29, 1.82) is 0 Å². The van der Waals surface area contributed by atoms with Gasteiger partial charge in [0.05, 0.1) is 33.0 Å². The number of Topliss-reactive ketones (excluding diaryl/α,β-unsaturated/α-hetero) is 1. The van der Waals surface area contributed by atoms with Gasteiger partial charge in [-0.3, -0.25) is 9.59 Å². The maximum atomic E-state index is 12.0. The Morgan fingerprint density at radius 3 is 2.14 bits per heavy atom. The summed E-state index contributed by atoms with van der Waals surface area (Å²) in [5.74, 6) is -1.35. The molecule has 0 amide bonds. The van der Waals surface area contributed by atoms with Crippen molar-refractivity contribution in [2.24, 2.45) is 11.3 Å². The topological polar surface area (TPSA) is 80.3 Å². The second-order valence-corrected chi connectivity index (χ2v) is 5.31. The number of carbonyl (C=O) groups is 2. The highest BCUT2D eigenvalue weighted by atomic mass is 17.2. The van der Waals surface area contributed by atoms with Crippen LogP contribution in [0, 0.1) is 11.3 Å². The lowest BCUT2D eigenvalue weighted by Gasteiger charge is -2.37. The number of hydrogen-bond donors (Lipinski definition) is 0. The normalized spacial score (nSPS) is 20.9. The van der Waals surface area contributed by atoms with Crippen LogP contribution in [0.3, 0.4) is 0 Å². The fraction of sp³-hybridized carbons (Fsp3) is 0.867. The minimum absolute atomic E-state index is 0.0955. The Labute approximate surface area is 131 Å². The van der Waals surface area contributed by atoms with Gasteiger partial charge in [-0.1, -0.05) is 0 Å². The van der Waals surface area contributed by atoms with Gasteiger partial charge in [0.1, 0.15) is 11.7 Å². The molecule has 1 aliphatic carbocycles. The number of ether oxygens (including phenoxy) is 1. The van der Waals surface area contributed by atoms with Crippen LogP contribution in [-0.4, -0.2) is 44.8 Å². The molecule has 0 aromatic rings. The Balaban J connectivity index is 2.74. The standard InChI is InChI=1S/C15H26O7/c1-4-18-14(17)12-9-15(8-7-13(12)16,10-21-19-5-2)11-22-20-6-3/h12H,4-11H2,1-3H3. The van der Waals surface area contributed by atoms with Gasteiger partial charge in [-0.2, -0.15) is 0 Å². The van der Waals surface area contributed by atoms with Crippen molar-refractivity contribution in [2.45, 2.75) is 40.0 Å². The molecule has 128 valence electrons. The summed E-state index contributed by atoms with van der Waals surface area (Å²) in [6.45, 7) is 6.90. The van der Waals surface area contributed by atoms with E-state index in [4.69, 9.17) is 24.3 Å². The van der Waals surface area contributed by atoms with E-state index in [1.165, 1.54) is 0 Å². The first-order valence-corrected chi connectivity index (χ1v) is 7.76. The maximum absolute atomic E-state index is 12.0. The molecule has 22 heavy (non-hydrogen) atoms. The highest BCUT2D eigenvalue weighted by Gasteiger charge is 2.45. The zero-order valence-corrected chi connectivity index (χ0v) is 13.6. The Kier molecular flexibility index (Phi) is 8.55. The summed E-state index contributed by atoms with van der Waals surface area (Å²) in [4.78, 5) is 44.2. The molecule has 0 aliphatic heterocycles. The molecule has 0 aromatic carbocycles. The molecule has 1 unspecified atom stereocenters. The van der Waals surface area contributed by atoms with Crippen molar-refractivity contribution in [2.75, 3.05) is 33.0 Å². The molecule has 7 nitrogen and oxygen atoms in total. The van der Waals surface area contributed by atoms with E-state index in [9.17, 15) is 9.59 Å². The van der Waals surface area contributed by atoms with Crippen LogP contribution in [0.2, 0.25) is 0 Å². The Bertz CT molecular complexity index is 346. The fourth-order valence-corrected chi connectivity index (χ4v) is 2.47. The van der Waals surface area contributed by atoms with Gasteiger partial charge in [0.15, 0.2) is 0 Å². The van der Waals surface area contributed by atoms with Gasteiger partial charge in [0.25, 0.3) is 0 Å². The SMILES string of the molecule is CCOOCC1(COOCC)CCC(=O)C(C(=O)OCC)C1. The van der Waals surface area contributed by atoms with E-state index in [0.717, 1.165) is 0 Å². The van der Waals surface area contributed by atoms with Crippen LogP contribution in [0.5, 0.6) is 0 Å². The van der Waals surface area contributed by atoms with E-state index < -0.39 is 17.3 Å². The van der Waals surface area contributed by atoms with E-state index in [0.29, 0.717) is 26.1 Å². The summed E-state index contributed by atoms with van der Waals surface area (Å²) in [5, 5.41) is 0. The van der Waals surface area contributed by atoms with Crippen LogP contribution in [0.15, 0.2) is 0 Å². The molecule has 1 fully saturated rings. The molecule has 7 heteroatoms. The lowest BCUT2D eigenvalue weighted by Crippen LogP contribution is -2.44. The molecular weight excluding hydrogens is 292 g/mol. The maximum Gasteiger partial charge on any atom is 0.316 e. The van der Waals surface area contributed by atoms with Crippen molar-refractivity contribution in [3.05, 3.63) is 0 Å². The van der Waals surface area contributed by atoms with Crippen molar-refractivity contribution in [3.8, 4) is 0 Å². The number of rotatable bonds is 10. The first-order chi connectivity index (χ1) is 10.6. The van der Waals surface area contributed by atoms with Crippen LogP contribution in [-0.2, 0) is 33.9 Å². The Morgan fingerprint density at radius 2 is 1.64 bits per heavy atom. The third kappa shape index (κ3) is 5.64. The van der Waals surface area contributed by atoms with Crippen LogP contribution < -0.4 is 0 Å². The van der Waals surface area contributed by atoms with Crippen molar-refractivity contribution < 1.29 is 33.9 Å². The van der Waals surface area contributed by atoms with Gasteiger partial charge >= 0.3 is 5.97 Å². The lowest BCUT2D eigenvalue weighted by molar-refractivity contribution is -0.341. The molecule has 0 aromatic heterocycles. The van der Waals surface area contributed by atoms with E-state index in [1.54, 1.807) is 6.92 Å². The van der Waals surface area contributed by atoms with Gasteiger partial charge in [-0.05, 0) is 33.6 Å². The molecule has 0 spiro atoms. The smallest absolute Gasteiger partial charge is 0.316 e. The Morgan fingerprint density at radius 1 is 1.05 bits per heavy atom. The highest BCUT2D eigenvalue weighted by Crippen LogP contribution is 2.39. The Hall–Kier alpha value is -1.02. The van der Waals surface area contributed by atoms with Gasteiger partial charge in [-0.15, -0.1) is 0 Å². The first-order valence-electron chi connectivity index (χ1n) is 7.76. The van der Waals surface area contributed by atoms with Gasteiger partial charge in [0.2, 0.25) is 0 Å². The van der Waals surface area contributed by atoms with Crippen molar-refractivity contribution in [3.63, 3.8) is 0 Å². The predicted molar refractivity (Wildman–Crippen MR) is 76.6 cm³/mol. The summed E-state index contributed by atoms with van der Waals surface area (Å²) in [6.07, 6.45) is 1.15. The second-order valence-electron chi connectivity index (χ2n) is 5.31. The number of ketones is 1. The molecule has 1 atom stereocenters. The zero-order valence-electron chi connectivity index (χ0n) is 13.6. The van der Waals surface area contributed by atoms with Crippen molar-refractivity contribution in [1.82, 2.24) is 0 Å². The van der Waals surface area contributed by atoms with Gasteiger partial charge < -0.3 is 4.74 Å². The fourth-order valence-electron chi connectivity index (χ4n) is 2.47. The third-order valence-corrected chi connectivity index (χ3v) is 3.63. The van der Waals surface area contributed by atoms with Crippen LogP contribution in [0.4, 0.5) is 0 Å². The minimum atomic E-state index is -0.774. The van der Waals surface area contributed by atoms with E-state index in [-0.39, 0.29) is 32.0 Å². The molecule has 0 radical (unpaired) electrons. The van der Waals surface area contributed by atoms with Gasteiger partial charge in [0, 0.05) is 11.8 Å². The van der Waals surface area contributed by atoms with Crippen LogP contribution >= 0.6 is 0 Å². The third-order valence-electron chi connectivity index (χ3n) is 3.63. The molecular formula is C15H26O7. The number of carbonyl (C=O) groups excluding carboxylic acids is 2. The number of hydrogen-bond acceptors (Lipinski definition) is 7. The lowest BCUT2D eigenvalue weighted by atomic mass is 9.70. The highest BCUT2D eigenvalue weighted by molar-refractivity contribution is 5.99. The van der Waals surface area contributed by atoms with E-state index >= 15 is 0 Å². The summed E-state index contributed by atoms with van der Waals surface area (Å²) in [7, 11) is 0. The second kappa shape index (κ2) is 9.89. The first kappa shape index (κ1) is 19.0. The quantitative estimate of drug-likeness (QED) is 0.200. The van der Waals surface area contributed by atoms with E-state index in [2.05, 4.69) is 0 Å². The van der Waals surface area contributed by atoms with E-state index in [1.807, 2.05) is 13.8 Å². The van der Waals surface area contributed by atoms with Crippen LogP contribution in [0.1, 0.15) is 40.0 Å². The molecule has 1 aliphatic rings. The molecule has 0 N–H and O–H groups in total. The molecule has 1 rings (SSSR count). The molecule has 0 heterocycles. The molecule has 0 bridgehead atoms.